The molecule has 0 saturated heterocycles. The zero-order valence-corrected chi connectivity index (χ0v) is 10.8. The predicted octanol–water partition coefficient (Wildman–Crippen LogP) is 1.93. The van der Waals surface area contributed by atoms with Gasteiger partial charge in [-0.2, -0.15) is 0 Å². The van der Waals surface area contributed by atoms with Crippen molar-refractivity contribution >= 4 is 5.91 Å². The van der Waals surface area contributed by atoms with Crippen molar-refractivity contribution in [2.24, 2.45) is 5.92 Å². The highest BCUT2D eigenvalue weighted by atomic mass is 16.1. The van der Waals surface area contributed by atoms with Crippen molar-refractivity contribution in [3.05, 3.63) is 0 Å². The minimum atomic E-state index is 0.0951. The van der Waals surface area contributed by atoms with Crippen LogP contribution in [0.25, 0.3) is 0 Å². The molecule has 0 aliphatic heterocycles. The minimum absolute atomic E-state index is 0.0951. The van der Waals surface area contributed by atoms with Gasteiger partial charge in [0, 0.05) is 18.0 Å². The molecular formula is C12H26N2O. The van der Waals surface area contributed by atoms with E-state index < -0.39 is 0 Å². The third kappa shape index (κ3) is 9.73. The van der Waals surface area contributed by atoms with Crippen LogP contribution < -0.4 is 10.6 Å². The first-order valence-electron chi connectivity index (χ1n) is 5.85. The van der Waals surface area contributed by atoms with Gasteiger partial charge in [0.2, 0.25) is 5.91 Å². The average molecular weight is 214 g/mol. The van der Waals surface area contributed by atoms with E-state index in [0.717, 1.165) is 25.9 Å². The van der Waals surface area contributed by atoms with E-state index in [1.54, 1.807) is 0 Å². The fourth-order valence-electron chi connectivity index (χ4n) is 1.13. The zero-order valence-electron chi connectivity index (χ0n) is 10.8. The van der Waals surface area contributed by atoms with E-state index in [1.807, 2.05) is 13.8 Å². The van der Waals surface area contributed by atoms with Gasteiger partial charge >= 0.3 is 0 Å². The molecule has 0 spiro atoms. The second-order valence-electron chi connectivity index (χ2n) is 5.33. The van der Waals surface area contributed by atoms with E-state index in [4.69, 9.17) is 0 Å². The first-order chi connectivity index (χ1) is 6.83. The van der Waals surface area contributed by atoms with Gasteiger partial charge < -0.3 is 10.6 Å². The third-order valence-electron chi connectivity index (χ3n) is 2.08. The van der Waals surface area contributed by atoms with Crippen LogP contribution in [0, 0.1) is 5.92 Å². The largest absolute Gasteiger partial charge is 0.356 e. The maximum atomic E-state index is 11.2. The quantitative estimate of drug-likeness (QED) is 0.663. The standard InChI is InChI=1S/C12H26N2O/c1-10(2)11(15)13-8-6-7-9-14-12(3,4)5/h10,14H,6-9H2,1-5H3,(H,13,15). The molecule has 0 radical (unpaired) electrons. The van der Waals surface area contributed by atoms with Gasteiger partial charge in [0.1, 0.15) is 0 Å². The summed E-state index contributed by atoms with van der Waals surface area (Å²) in [5.74, 6) is 0.247. The summed E-state index contributed by atoms with van der Waals surface area (Å²) in [6.45, 7) is 12.1. The van der Waals surface area contributed by atoms with Gasteiger partial charge in [-0.1, -0.05) is 13.8 Å². The van der Waals surface area contributed by atoms with Crippen LogP contribution in [-0.4, -0.2) is 24.5 Å². The van der Waals surface area contributed by atoms with Crippen LogP contribution in [0.3, 0.4) is 0 Å². The van der Waals surface area contributed by atoms with Crippen LogP contribution in [0.2, 0.25) is 0 Å². The van der Waals surface area contributed by atoms with Gasteiger partial charge in [0.25, 0.3) is 0 Å². The maximum Gasteiger partial charge on any atom is 0.222 e. The summed E-state index contributed by atoms with van der Waals surface area (Å²) in [5, 5.41) is 6.33. The van der Waals surface area contributed by atoms with Crippen LogP contribution in [-0.2, 0) is 4.79 Å². The molecule has 0 unspecified atom stereocenters. The van der Waals surface area contributed by atoms with Crippen molar-refractivity contribution in [3.8, 4) is 0 Å². The molecule has 2 N–H and O–H groups in total. The molecule has 15 heavy (non-hydrogen) atoms. The lowest BCUT2D eigenvalue weighted by Gasteiger charge is -2.20. The minimum Gasteiger partial charge on any atom is -0.356 e. The molecule has 0 fully saturated rings. The van der Waals surface area contributed by atoms with Gasteiger partial charge in [-0.3, -0.25) is 4.79 Å². The van der Waals surface area contributed by atoms with Crippen molar-refractivity contribution < 1.29 is 4.79 Å². The number of carbonyl (C=O) groups excluding carboxylic acids is 1. The van der Waals surface area contributed by atoms with Gasteiger partial charge in [-0.25, -0.2) is 0 Å². The highest BCUT2D eigenvalue weighted by Crippen LogP contribution is 1.99. The third-order valence-corrected chi connectivity index (χ3v) is 2.08. The number of carbonyl (C=O) groups is 1. The molecule has 0 bridgehead atoms. The summed E-state index contributed by atoms with van der Waals surface area (Å²) in [5.41, 5.74) is 0.196. The first kappa shape index (κ1) is 14.4. The van der Waals surface area contributed by atoms with Crippen LogP contribution in [0.15, 0.2) is 0 Å². The fraction of sp³-hybridized carbons (Fsp3) is 0.917. The molecular weight excluding hydrogens is 188 g/mol. The van der Waals surface area contributed by atoms with Gasteiger partial charge in [-0.15, -0.1) is 0 Å². The molecule has 0 aromatic rings. The zero-order chi connectivity index (χ0) is 11.9. The molecule has 0 aromatic heterocycles. The van der Waals surface area contributed by atoms with Crippen LogP contribution in [0.5, 0.6) is 0 Å². The maximum absolute atomic E-state index is 11.2. The number of rotatable bonds is 6. The van der Waals surface area contributed by atoms with E-state index >= 15 is 0 Å². The summed E-state index contributed by atoms with van der Waals surface area (Å²) in [7, 11) is 0. The molecule has 0 aliphatic rings. The Balaban J connectivity index is 3.30. The van der Waals surface area contributed by atoms with Crippen LogP contribution in [0.1, 0.15) is 47.5 Å². The van der Waals surface area contributed by atoms with E-state index in [-0.39, 0.29) is 17.4 Å². The second kappa shape index (κ2) is 6.83. The van der Waals surface area contributed by atoms with Crippen molar-refractivity contribution in [1.82, 2.24) is 10.6 Å². The van der Waals surface area contributed by atoms with Gasteiger partial charge in [-0.05, 0) is 40.2 Å². The predicted molar refractivity (Wildman–Crippen MR) is 64.8 cm³/mol. The fourth-order valence-corrected chi connectivity index (χ4v) is 1.13. The highest BCUT2D eigenvalue weighted by molar-refractivity contribution is 5.77. The number of nitrogens with one attached hydrogen (secondary N) is 2. The Bertz CT molecular complexity index is 183. The van der Waals surface area contributed by atoms with Crippen molar-refractivity contribution in [3.63, 3.8) is 0 Å². The smallest absolute Gasteiger partial charge is 0.222 e. The monoisotopic (exact) mass is 214 g/mol. The number of hydrogen-bond donors (Lipinski definition) is 2. The van der Waals surface area contributed by atoms with Crippen molar-refractivity contribution in [2.75, 3.05) is 13.1 Å². The highest BCUT2D eigenvalue weighted by Gasteiger charge is 2.07. The van der Waals surface area contributed by atoms with E-state index in [9.17, 15) is 4.79 Å². The van der Waals surface area contributed by atoms with Crippen LogP contribution >= 0.6 is 0 Å². The molecule has 0 rings (SSSR count). The lowest BCUT2D eigenvalue weighted by molar-refractivity contribution is -0.123. The molecule has 0 heterocycles. The molecule has 0 aromatic carbocycles. The molecule has 0 aliphatic carbocycles. The van der Waals surface area contributed by atoms with Crippen molar-refractivity contribution in [1.29, 1.82) is 0 Å². The van der Waals surface area contributed by atoms with Gasteiger partial charge in [0.15, 0.2) is 0 Å². The summed E-state index contributed by atoms with van der Waals surface area (Å²) in [6.07, 6.45) is 2.15. The Morgan fingerprint density at radius 1 is 1.13 bits per heavy atom. The molecule has 3 nitrogen and oxygen atoms in total. The summed E-state index contributed by atoms with van der Waals surface area (Å²) >= 11 is 0. The average Bonchev–Trinajstić information content (AvgIpc) is 2.08. The van der Waals surface area contributed by atoms with Crippen LogP contribution in [0.4, 0.5) is 0 Å². The molecule has 0 saturated carbocycles. The Morgan fingerprint density at radius 2 is 1.67 bits per heavy atom. The second-order valence-corrected chi connectivity index (χ2v) is 5.33. The van der Waals surface area contributed by atoms with E-state index in [2.05, 4.69) is 31.4 Å². The number of amides is 1. The Hall–Kier alpha value is -0.570. The van der Waals surface area contributed by atoms with E-state index in [1.165, 1.54) is 0 Å². The molecule has 0 atom stereocenters. The summed E-state index contributed by atoms with van der Waals surface area (Å²) in [6, 6.07) is 0. The topological polar surface area (TPSA) is 41.1 Å². The number of hydrogen-bond acceptors (Lipinski definition) is 2. The molecule has 1 amide bonds. The lowest BCUT2D eigenvalue weighted by Crippen LogP contribution is -2.36. The SMILES string of the molecule is CC(C)C(=O)NCCCCNC(C)(C)C. The normalized spacial score (nSPS) is 11.9. The Kier molecular flexibility index (Phi) is 6.57. The summed E-state index contributed by atoms with van der Waals surface area (Å²) < 4.78 is 0. The molecule has 3 heteroatoms. The Morgan fingerprint density at radius 3 is 2.13 bits per heavy atom. The van der Waals surface area contributed by atoms with Gasteiger partial charge in [0.05, 0.1) is 0 Å². The Labute approximate surface area is 94.0 Å². The van der Waals surface area contributed by atoms with Crippen molar-refractivity contribution in [2.45, 2.75) is 53.0 Å². The number of unbranched alkanes of at least 4 members (excludes halogenated alkanes) is 1. The van der Waals surface area contributed by atoms with E-state index in [0.29, 0.717) is 0 Å². The lowest BCUT2D eigenvalue weighted by atomic mass is 10.1. The molecule has 90 valence electrons. The summed E-state index contributed by atoms with van der Waals surface area (Å²) in [4.78, 5) is 11.2. The first-order valence-corrected chi connectivity index (χ1v) is 5.85.